The number of rotatable bonds is 0. The molecule has 0 amide bonds. The van der Waals surface area contributed by atoms with E-state index in [0.29, 0.717) is 0 Å². The van der Waals surface area contributed by atoms with Gasteiger partial charge in [-0.1, -0.05) is 0 Å². The third-order valence-corrected chi connectivity index (χ3v) is 0.496. The lowest BCUT2D eigenvalue weighted by Crippen LogP contribution is -1.75. The van der Waals surface area contributed by atoms with E-state index in [1.54, 1.807) is 0 Å². The van der Waals surface area contributed by atoms with Crippen LogP contribution in [-0.2, 0) is 0 Å². The highest BCUT2D eigenvalue weighted by Gasteiger charge is 1.55. The van der Waals surface area contributed by atoms with Gasteiger partial charge in [-0.05, 0) is 12.1 Å². The Morgan fingerprint density at radius 2 is 1.44 bits per heavy atom. The van der Waals surface area contributed by atoms with E-state index in [2.05, 4.69) is 4.98 Å². The third-order valence-electron chi connectivity index (χ3n) is 0.496. The van der Waals surface area contributed by atoms with Crippen LogP contribution in [-0.4, -0.2) is 22.7 Å². The molecule has 0 aliphatic carbocycles. The molecule has 0 atom stereocenters. The molecule has 0 aromatic carbocycles. The number of aromatic nitrogens is 1. The zero-order chi connectivity index (χ0) is 6.24. The maximum absolute atomic E-state index is 7.00. The van der Waals surface area contributed by atoms with E-state index < -0.39 is 0 Å². The first kappa shape index (κ1) is 11.1. The molecule has 1 heterocycles. The minimum atomic E-state index is 0. The lowest BCUT2D eigenvalue weighted by Gasteiger charge is -1.49. The predicted octanol–water partition coefficient (Wildman–Crippen LogP) is -0.318. The first-order chi connectivity index (χ1) is 3.91. The Morgan fingerprint density at radius 1 is 1.11 bits per heavy atom. The third kappa shape index (κ3) is 11.0. The topological polar surface area (TPSA) is 91.2 Å². The molecule has 0 saturated carbocycles. The second-order valence-electron chi connectivity index (χ2n) is 1.00. The fourth-order valence-electron chi connectivity index (χ4n) is 0.278. The average molecular weight is 129 g/mol. The van der Waals surface area contributed by atoms with Gasteiger partial charge in [-0.3, -0.25) is 0 Å². The van der Waals surface area contributed by atoms with Crippen LogP contribution in [0, 0.1) is 0 Å². The molecule has 0 spiro atoms. The molecule has 1 aromatic heterocycles. The van der Waals surface area contributed by atoms with Gasteiger partial charge < -0.3 is 21.2 Å². The summed E-state index contributed by atoms with van der Waals surface area (Å²) in [6.45, 7) is 0. The molecule has 5 heteroatoms. The zero-order valence-corrected chi connectivity index (χ0v) is 4.99. The van der Waals surface area contributed by atoms with Crippen molar-refractivity contribution in [2.45, 2.75) is 0 Å². The lowest BCUT2D eigenvalue weighted by atomic mass is 10.5. The smallest absolute Gasteiger partial charge is 0.429 e. The van der Waals surface area contributed by atoms with Crippen LogP contribution in [0.2, 0.25) is 0 Å². The van der Waals surface area contributed by atoms with Crippen LogP contribution in [0.1, 0.15) is 0 Å². The molecule has 1 radical (unpaired) electrons. The molecule has 0 unspecified atom stereocenters. The molecular formula is C4H10BN2O2. The van der Waals surface area contributed by atoms with Gasteiger partial charge in [-0.15, -0.1) is 0 Å². The van der Waals surface area contributed by atoms with Crippen molar-refractivity contribution in [3.05, 3.63) is 24.5 Å². The van der Waals surface area contributed by atoms with Crippen LogP contribution in [0.5, 0.6) is 0 Å². The number of hydrogen-bond donors (Lipinski definition) is 4. The van der Waals surface area contributed by atoms with Crippen LogP contribution >= 0.6 is 0 Å². The van der Waals surface area contributed by atoms with Crippen molar-refractivity contribution in [2.75, 3.05) is 0 Å². The first-order valence-electron chi connectivity index (χ1n) is 2.09. The summed E-state index contributed by atoms with van der Waals surface area (Å²) in [6, 6.07) is 3.89. The van der Waals surface area contributed by atoms with Crippen molar-refractivity contribution in [3.63, 3.8) is 0 Å². The van der Waals surface area contributed by atoms with E-state index in [9.17, 15) is 0 Å². The van der Waals surface area contributed by atoms with Gasteiger partial charge in [0.2, 0.25) is 0 Å². The summed E-state index contributed by atoms with van der Waals surface area (Å²) in [5.74, 6) is 0. The summed E-state index contributed by atoms with van der Waals surface area (Å²) in [6.07, 6.45) is 3.75. The van der Waals surface area contributed by atoms with Crippen LogP contribution in [0.15, 0.2) is 24.5 Å². The number of aromatic amines is 1. The molecule has 0 saturated heterocycles. The van der Waals surface area contributed by atoms with Crippen molar-refractivity contribution in [3.8, 4) is 0 Å². The largest absolute Gasteiger partial charge is 0.482 e. The van der Waals surface area contributed by atoms with Crippen LogP contribution in [0.4, 0.5) is 0 Å². The summed E-state index contributed by atoms with van der Waals surface area (Å²) in [5.41, 5.74) is 0. The Bertz CT molecular complexity index is 83.5. The Labute approximate surface area is 54.4 Å². The van der Waals surface area contributed by atoms with Gasteiger partial charge in [-0.2, -0.15) is 0 Å². The Kier molecular flexibility index (Phi) is 12.6. The Morgan fingerprint density at radius 3 is 1.56 bits per heavy atom. The highest BCUT2D eigenvalue weighted by atomic mass is 16.4. The van der Waals surface area contributed by atoms with Gasteiger partial charge in [0.15, 0.2) is 0 Å². The molecule has 0 bridgehead atoms. The van der Waals surface area contributed by atoms with E-state index in [-0.39, 0.29) is 13.8 Å². The summed E-state index contributed by atoms with van der Waals surface area (Å²) in [7, 11) is 0. The van der Waals surface area contributed by atoms with E-state index in [0.717, 1.165) is 0 Å². The maximum atomic E-state index is 7.00. The first-order valence-corrected chi connectivity index (χ1v) is 2.09. The number of H-pyrrole nitrogens is 1. The lowest BCUT2D eigenvalue weighted by molar-refractivity contribution is 0.448. The summed E-state index contributed by atoms with van der Waals surface area (Å²) in [5, 5.41) is 14.0. The summed E-state index contributed by atoms with van der Waals surface area (Å²) in [4.78, 5) is 2.86. The van der Waals surface area contributed by atoms with Crippen molar-refractivity contribution >= 4 is 7.69 Å². The van der Waals surface area contributed by atoms with Crippen LogP contribution in [0.25, 0.3) is 0 Å². The molecule has 9 heavy (non-hydrogen) atoms. The fraction of sp³-hybridized carbons (Fsp3) is 0. The number of hydrogen-bond acceptors (Lipinski definition) is 3. The van der Waals surface area contributed by atoms with Gasteiger partial charge in [-0.25, -0.2) is 0 Å². The van der Waals surface area contributed by atoms with Gasteiger partial charge in [0, 0.05) is 12.4 Å². The van der Waals surface area contributed by atoms with Gasteiger partial charge in [0.1, 0.15) is 0 Å². The van der Waals surface area contributed by atoms with Gasteiger partial charge in [0.25, 0.3) is 0 Å². The quantitative estimate of drug-likeness (QED) is 0.362. The van der Waals surface area contributed by atoms with E-state index in [4.69, 9.17) is 10.0 Å². The van der Waals surface area contributed by atoms with Crippen LogP contribution < -0.4 is 6.15 Å². The minimum absolute atomic E-state index is 0. The molecule has 0 fully saturated rings. The number of nitrogens with one attached hydrogen (secondary N) is 1. The van der Waals surface area contributed by atoms with Crippen LogP contribution in [0.3, 0.4) is 0 Å². The maximum Gasteiger partial charge on any atom is 0.482 e. The highest BCUT2D eigenvalue weighted by Crippen LogP contribution is 1.72. The van der Waals surface area contributed by atoms with Gasteiger partial charge >= 0.3 is 7.69 Å². The monoisotopic (exact) mass is 129 g/mol. The Hall–Kier alpha value is -0.775. The standard InChI is InChI=1S/C4H5N.BH2O2.H3N/c1-2-4-5-3-1;2-1-3;/h1-5H;2-3H;1H3. The van der Waals surface area contributed by atoms with E-state index in [1.807, 2.05) is 24.5 Å². The van der Waals surface area contributed by atoms with Crippen molar-refractivity contribution in [1.82, 2.24) is 11.1 Å². The summed E-state index contributed by atoms with van der Waals surface area (Å²) < 4.78 is 0. The van der Waals surface area contributed by atoms with E-state index >= 15 is 0 Å². The van der Waals surface area contributed by atoms with Crippen molar-refractivity contribution in [1.29, 1.82) is 0 Å². The van der Waals surface area contributed by atoms with Gasteiger partial charge in [0.05, 0.1) is 0 Å². The highest BCUT2D eigenvalue weighted by molar-refractivity contribution is 6.13. The SMILES string of the molecule is N.O[B]O.c1cc[nH]c1. The molecule has 0 aliphatic heterocycles. The zero-order valence-electron chi connectivity index (χ0n) is 4.99. The molecule has 51 valence electrons. The summed E-state index contributed by atoms with van der Waals surface area (Å²) >= 11 is 0. The Balaban J connectivity index is 0. The predicted molar refractivity (Wildman–Crippen MR) is 36.0 cm³/mol. The molecule has 1 rings (SSSR count). The second kappa shape index (κ2) is 10.3. The fourth-order valence-corrected chi connectivity index (χ4v) is 0.278. The van der Waals surface area contributed by atoms with Crippen molar-refractivity contribution < 1.29 is 10.0 Å². The molecule has 0 aliphatic rings. The average Bonchev–Trinajstić information content (AvgIpc) is 2.17. The minimum Gasteiger partial charge on any atom is -0.429 e. The van der Waals surface area contributed by atoms with E-state index in [1.165, 1.54) is 0 Å². The molecule has 1 aromatic rings. The van der Waals surface area contributed by atoms with Crippen molar-refractivity contribution in [2.24, 2.45) is 0 Å². The molecule has 4 nitrogen and oxygen atoms in total. The normalized spacial score (nSPS) is 6.00. The second-order valence-corrected chi connectivity index (χ2v) is 1.00. The molecule has 6 N–H and O–H groups in total. The molecular weight excluding hydrogens is 119 g/mol.